The van der Waals surface area contributed by atoms with Crippen molar-refractivity contribution in [3.8, 4) is 0 Å². The summed E-state index contributed by atoms with van der Waals surface area (Å²) in [6.07, 6.45) is 2.62. The molecule has 16 heavy (non-hydrogen) atoms. The maximum absolute atomic E-state index is 5.84. The van der Waals surface area contributed by atoms with Gasteiger partial charge in [-0.05, 0) is 35.7 Å². The molecule has 1 fully saturated rings. The molecule has 0 amide bonds. The van der Waals surface area contributed by atoms with Crippen LogP contribution in [0.3, 0.4) is 0 Å². The number of halogens is 2. The van der Waals surface area contributed by atoms with Gasteiger partial charge in [-0.3, -0.25) is 9.58 Å². The maximum atomic E-state index is 5.84. The van der Waals surface area contributed by atoms with Gasteiger partial charge in [-0.1, -0.05) is 0 Å². The van der Waals surface area contributed by atoms with Gasteiger partial charge in [-0.15, -0.1) is 11.6 Å². The van der Waals surface area contributed by atoms with Crippen LogP contribution in [0.15, 0.2) is 4.47 Å². The van der Waals surface area contributed by atoms with Crippen LogP contribution in [0, 0.1) is 6.92 Å². The predicted octanol–water partition coefficient (Wildman–Crippen LogP) is 2.69. The lowest BCUT2D eigenvalue weighted by atomic mass is 10.3. The minimum Gasteiger partial charge on any atom is -0.293 e. The van der Waals surface area contributed by atoms with E-state index in [0.717, 1.165) is 29.3 Å². The number of hydrogen-bond donors (Lipinski definition) is 0. The number of alkyl halides is 1. The molecule has 5 heteroatoms. The number of nitrogens with zero attached hydrogens (tertiary/aromatic N) is 3. The van der Waals surface area contributed by atoms with Crippen molar-refractivity contribution >= 4 is 27.5 Å². The van der Waals surface area contributed by atoms with Gasteiger partial charge in [-0.25, -0.2) is 0 Å². The van der Waals surface area contributed by atoms with Gasteiger partial charge >= 0.3 is 0 Å². The van der Waals surface area contributed by atoms with E-state index in [1.807, 2.05) is 18.7 Å². The zero-order valence-corrected chi connectivity index (χ0v) is 12.1. The third-order valence-electron chi connectivity index (χ3n) is 3.05. The van der Waals surface area contributed by atoms with Crippen LogP contribution in [0.4, 0.5) is 0 Å². The molecule has 0 aliphatic heterocycles. The smallest absolute Gasteiger partial charge is 0.0739 e. The van der Waals surface area contributed by atoms with E-state index in [1.54, 1.807) is 0 Å². The molecule has 0 saturated heterocycles. The zero-order chi connectivity index (χ0) is 11.7. The molecule has 1 aliphatic carbocycles. The van der Waals surface area contributed by atoms with Crippen LogP contribution in [0.1, 0.15) is 24.2 Å². The average Bonchev–Trinajstić information content (AvgIpc) is 3.03. The van der Waals surface area contributed by atoms with Crippen molar-refractivity contribution in [1.82, 2.24) is 14.7 Å². The molecule has 0 spiro atoms. The van der Waals surface area contributed by atoms with E-state index in [1.165, 1.54) is 18.5 Å². The van der Waals surface area contributed by atoms with E-state index in [2.05, 4.69) is 25.9 Å². The summed E-state index contributed by atoms with van der Waals surface area (Å²) in [5.74, 6) is 0.699. The summed E-state index contributed by atoms with van der Waals surface area (Å²) in [5.41, 5.74) is 2.30. The van der Waals surface area contributed by atoms with Crippen LogP contribution < -0.4 is 0 Å². The topological polar surface area (TPSA) is 21.1 Å². The summed E-state index contributed by atoms with van der Waals surface area (Å²) in [5, 5.41) is 4.41. The number of aryl methyl sites for hydroxylation is 2. The van der Waals surface area contributed by atoms with E-state index in [-0.39, 0.29) is 0 Å². The monoisotopic (exact) mass is 305 g/mol. The molecule has 90 valence electrons. The Morgan fingerprint density at radius 2 is 2.25 bits per heavy atom. The van der Waals surface area contributed by atoms with Crippen LogP contribution >= 0.6 is 27.5 Å². The largest absolute Gasteiger partial charge is 0.293 e. The molecule has 0 aromatic carbocycles. The normalized spacial score (nSPS) is 16.1. The molecule has 0 N–H and O–H groups in total. The van der Waals surface area contributed by atoms with E-state index in [9.17, 15) is 0 Å². The van der Waals surface area contributed by atoms with Gasteiger partial charge in [0.1, 0.15) is 0 Å². The second-order valence-corrected chi connectivity index (χ2v) is 5.53. The first-order valence-corrected chi connectivity index (χ1v) is 6.94. The Labute approximate surface area is 110 Å². The lowest BCUT2D eigenvalue weighted by molar-refractivity contribution is 0.263. The van der Waals surface area contributed by atoms with Gasteiger partial charge in [-0.2, -0.15) is 5.10 Å². The fourth-order valence-corrected chi connectivity index (χ4v) is 2.66. The second-order valence-electron chi connectivity index (χ2n) is 4.36. The highest BCUT2D eigenvalue weighted by atomic mass is 79.9. The molecule has 2 rings (SSSR count). The molecule has 1 saturated carbocycles. The van der Waals surface area contributed by atoms with Crippen molar-refractivity contribution in [3.05, 3.63) is 15.9 Å². The Morgan fingerprint density at radius 1 is 1.56 bits per heavy atom. The van der Waals surface area contributed by atoms with Gasteiger partial charge in [0.15, 0.2) is 0 Å². The van der Waals surface area contributed by atoms with Crippen molar-refractivity contribution < 1.29 is 0 Å². The molecule has 0 radical (unpaired) electrons. The Balaban J connectivity index is 2.11. The van der Waals surface area contributed by atoms with Gasteiger partial charge in [0.2, 0.25) is 0 Å². The molecule has 0 atom stereocenters. The molecular formula is C11H17BrClN3. The maximum Gasteiger partial charge on any atom is 0.0739 e. The highest BCUT2D eigenvalue weighted by molar-refractivity contribution is 9.10. The van der Waals surface area contributed by atoms with Gasteiger partial charge in [0, 0.05) is 32.1 Å². The van der Waals surface area contributed by atoms with Crippen molar-refractivity contribution in [1.29, 1.82) is 0 Å². The van der Waals surface area contributed by atoms with Gasteiger partial charge in [0.25, 0.3) is 0 Å². The van der Waals surface area contributed by atoms with Crippen molar-refractivity contribution in [3.63, 3.8) is 0 Å². The van der Waals surface area contributed by atoms with E-state index < -0.39 is 0 Å². The second kappa shape index (κ2) is 5.07. The third kappa shape index (κ3) is 2.60. The fourth-order valence-electron chi connectivity index (χ4n) is 1.98. The Morgan fingerprint density at radius 3 is 2.69 bits per heavy atom. The Hall–Kier alpha value is -0.0600. The van der Waals surface area contributed by atoms with Crippen LogP contribution in [0.2, 0.25) is 0 Å². The molecule has 1 aliphatic rings. The van der Waals surface area contributed by atoms with E-state index >= 15 is 0 Å². The summed E-state index contributed by atoms with van der Waals surface area (Å²) in [6.45, 7) is 3.93. The van der Waals surface area contributed by atoms with Gasteiger partial charge < -0.3 is 0 Å². The highest BCUT2D eigenvalue weighted by Crippen LogP contribution is 2.30. The minimum atomic E-state index is 0.699. The summed E-state index contributed by atoms with van der Waals surface area (Å²) >= 11 is 9.45. The van der Waals surface area contributed by atoms with Crippen molar-refractivity contribution in [2.45, 2.75) is 32.4 Å². The quantitative estimate of drug-likeness (QED) is 0.780. The number of aromatic nitrogens is 2. The lowest BCUT2D eigenvalue weighted by Crippen LogP contribution is -2.28. The van der Waals surface area contributed by atoms with Crippen LogP contribution in [-0.4, -0.2) is 33.1 Å². The zero-order valence-electron chi connectivity index (χ0n) is 9.71. The molecular weight excluding hydrogens is 289 g/mol. The fraction of sp³-hybridized carbons (Fsp3) is 0.727. The first-order valence-electron chi connectivity index (χ1n) is 5.61. The van der Waals surface area contributed by atoms with Crippen LogP contribution in [0.5, 0.6) is 0 Å². The summed E-state index contributed by atoms with van der Waals surface area (Å²) in [4.78, 5) is 2.45. The third-order valence-corrected chi connectivity index (χ3v) is 4.25. The van der Waals surface area contributed by atoms with Crippen molar-refractivity contribution in [2.24, 2.45) is 7.05 Å². The molecule has 0 unspecified atom stereocenters. The van der Waals surface area contributed by atoms with E-state index in [4.69, 9.17) is 11.6 Å². The van der Waals surface area contributed by atoms with Gasteiger partial charge in [0.05, 0.1) is 15.9 Å². The average molecular weight is 307 g/mol. The number of rotatable bonds is 5. The first kappa shape index (κ1) is 12.4. The highest BCUT2D eigenvalue weighted by Gasteiger charge is 2.29. The summed E-state index contributed by atoms with van der Waals surface area (Å²) in [7, 11) is 2.00. The SMILES string of the molecule is Cc1nn(C)c(CN(CCCl)C2CC2)c1Br. The lowest BCUT2D eigenvalue weighted by Gasteiger charge is -2.20. The molecule has 1 heterocycles. The van der Waals surface area contributed by atoms with E-state index in [0.29, 0.717) is 5.88 Å². The Kier molecular flexibility index (Phi) is 3.93. The van der Waals surface area contributed by atoms with Crippen LogP contribution in [-0.2, 0) is 13.6 Å². The molecule has 1 aromatic heterocycles. The summed E-state index contributed by atoms with van der Waals surface area (Å²) < 4.78 is 3.10. The van der Waals surface area contributed by atoms with Crippen molar-refractivity contribution in [2.75, 3.05) is 12.4 Å². The predicted molar refractivity (Wildman–Crippen MR) is 69.8 cm³/mol. The molecule has 3 nitrogen and oxygen atoms in total. The minimum absolute atomic E-state index is 0.699. The standard InChI is InChI=1S/C11H17BrClN3/c1-8-11(12)10(15(2)14-8)7-16(6-5-13)9-3-4-9/h9H,3-7H2,1-2H3. The first-order chi connectivity index (χ1) is 7.63. The molecule has 1 aromatic rings. The number of hydrogen-bond acceptors (Lipinski definition) is 2. The molecule has 0 bridgehead atoms. The summed E-state index contributed by atoms with van der Waals surface area (Å²) in [6, 6.07) is 0.737. The van der Waals surface area contributed by atoms with Crippen LogP contribution in [0.25, 0.3) is 0 Å². The Bertz CT molecular complexity index is 374.